The van der Waals surface area contributed by atoms with Crippen molar-refractivity contribution in [2.45, 2.75) is 11.4 Å². The number of carbonyl (C=O) groups is 1. The number of nitrogens with zero attached hydrogens (tertiary/aromatic N) is 3. The number of hydrogen-bond acceptors (Lipinski definition) is 6. The summed E-state index contributed by atoms with van der Waals surface area (Å²) in [6.45, 7) is 2.52. The minimum absolute atomic E-state index is 0.0607. The quantitative estimate of drug-likeness (QED) is 0.738. The van der Waals surface area contributed by atoms with Gasteiger partial charge in [-0.2, -0.15) is 9.57 Å². The van der Waals surface area contributed by atoms with Crippen molar-refractivity contribution in [2.75, 3.05) is 39.5 Å². The lowest BCUT2D eigenvalue weighted by Crippen LogP contribution is -2.40. The molecule has 156 valence electrons. The Labute approximate surface area is 175 Å². The van der Waals surface area contributed by atoms with Crippen LogP contribution in [0.15, 0.2) is 47.4 Å². The normalized spacial score (nSPS) is 17.4. The Balaban J connectivity index is 1.62. The van der Waals surface area contributed by atoms with Crippen molar-refractivity contribution >= 4 is 15.9 Å². The summed E-state index contributed by atoms with van der Waals surface area (Å²) in [5.41, 5.74) is 1.40. The van der Waals surface area contributed by atoms with Crippen LogP contribution in [0.5, 0.6) is 5.75 Å². The maximum absolute atomic E-state index is 13.2. The summed E-state index contributed by atoms with van der Waals surface area (Å²) in [6.07, 6.45) is 0. The molecule has 8 nitrogen and oxygen atoms in total. The van der Waals surface area contributed by atoms with Crippen molar-refractivity contribution in [1.82, 2.24) is 9.21 Å². The van der Waals surface area contributed by atoms with E-state index in [0.717, 1.165) is 0 Å². The minimum atomic E-state index is -3.82. The van der Waals surface area contributed by atoms with Gasteiger partial charge in [0.2, 0.25) is 10.0 Å². The zero-order valence-electron chi connectivity index (χ0n) is 16.3. The van der Waals surface area contributed by atoms with E-state index in [9.17, 15) is 13.2 Å². The smallest absolute Gasteiger partial charge is 0.254 e. The number of morpholine rings is 1. The summed E-state index contributed by atoms with van der Waals surface area (Å²) in [5.74, 6) is 0.457. The molecule has 0 bridgehead atoms. The number of fused-ring (bicyclic) bond motifs is 1. The monoisotopic (exact) mass is 427 g/mol. The van der Waals surface area contributed by atoms with Gasteiger partial charge >= 0.3 is 0 Å². The average molecular weight is 427 g/mol. The zero-order valence-corrected chi connectivity index (χ0v) is 17.1. The Bertz CT molecular complexity index is 1100. The first-order valence-corrected chi connectivity index (χ1v) is 11.1. The van der Waals surface area contributed by atoms with E-state index in [1.807, 2.05) is 6.07 Å². The third kappa shape index (κ3) is 4.03. The highest BCUT2D eigenvalue weighted by atomic mass is 32.2. The van der Waals surface area contributed by atoms with E-state index in [1.165, 1.54) is 16.4 Å². The number of ether oxygens (including phenoxy) is 2. The molecule has 0 unspecified atom stereocenters. The molecule has 0 aromatic heterocycles. The number of hydrogen-bond donors (Lipinski definition) is 0. The molecular formula is C21H21N3O5S. The first kappa shape index (κ1) is 20.3. The second-order valence-electron chi connectivity index (χ2n) is 7.05. The Morgan fingerprint density at radius 2 is 1.83 bits per heavy atom. The summed E-state index contributed by atoms with van der Waals surface area (Å²) < 4.78 is 38.7. The van der Waals surface area contributed by atoms with Gasteiger partial charge in [-0.25, -0.2) is 8.42 Å². The van der Waals surface area contributed by atoms with Crippen LogP contribution in [0, 0.1) is 11.3 Å². The van der Waals surface area contributed by atoms with E-state index in [-0.39, 0.29) is 36.1 Å². The van der Waals surface area contributed by atoms with Crippen LogP contribution in [-0.4, -0.2) is 63.0 Å². The molecule has 9 heteroatoms. The van der Waals surface area contributed by atoms with Crippen LogP contribution in [0.25, 0.3) is 0 Å². The van der Waals surface area contributed by atoms with E-state index in [1.54, 1.807) is 35.2 Å². The molecular weight excluding hydrogens is 406 g/mol. The van der Waals surface area contributed by atoms with Gasteiger partial charge in [-0.05, 0) is 36.4 Å². The molecule has 0 N–H and O–H groups in total. The van der Waals surface area contributed by atoms with Crippen molar-refractivity contribution in [3.8, 4) is 11.8 Å². The van der Waals surface area contributed by atoms with Crippen LogP contribution >= 0.6 is 0 Å². The second kappa shape index (κ2) is 8.44. The van der Waals surface area contributed by atoms with E-state index >= 15 is 0 Å². The van der Waals surface area contributed by atoms with Gasteiger partial charge in [0.25, 0.3) is 5.91 Å². The van der Waals surface area contributed by atoms with Gasteiger partial charge in [0.15, 0.2) is 0 Å². The lowest BCUT2D eigenvalue weighted by atomic mass is 10.1. The lowest BCUT2D eigenvalue weighted by molar-refractivity contribution is 0.0303. The van der Waals surface area contributed by atoms with Gasteiger partial charge in [-0.15, -0.1) is 0 Å². The van der Waals surface area contributed by atoms with Gasteiger partial charge in [0.05, 0.1) is 29.7 Å². The summed E-state index contributed by atoms with van der Waals surface area (Å²) in [5, 5.41) is 9.08. The summed E-state index contributed by atoms with van der Waals surface area (Å²) in [6, 6.07) is 13.0. The van der Waals surface area contributed by atoms with Crippen LogP contribution < -0.4 is 4.74 Å². The summed E-state index contributed by atoms with van der Waals surface area (Å²) in [7, 11) is -3.82. The molecule has 0 radical (unpaired) electrons. The highest BCUT2D eigenvalue weighted by molar-refractivity contribution is 7.89. The minimum Gasteiger partial charge on any atom is -0.492 e. The van der Waals surface area contributed by atoms with Gasteiger partial charge in [-0.3, -0.25) is 4.79 Å². The van der Waals surface area contributed by atoms with Crippen LogP contribution in [-0.2, 0) is 21.3 Å². The molecule has 1 amide bonds. The Morgan fingerprint density at radius 1 is 1.03 bits per heavy atom. The predicted molar refractivity (Wildman–Crippen MR) is 107 cm³/mol. The SMILES string of the molecule is N#Cc1cccc(S(=O)(=O)N2CCOc3ccc(C(=O)N4CCOCC4)cc3C2)c1. The molecule has 2 aliphatic rings. The molecule has 0 spiro atoms. The number of rotatable bonds is 3. The third-order valence-corrected chi connectivity index (χ3v) is 6.99. The van der Waals surface area contributed by atoms with Crippen molar-refractivity contribution in [1.29, 1.82) is 5.26 Å². The molecule has 1 fully saturated rings. The molecule has 30 heavy (non-hydrogen) atoms. The van der Waals surface area contributed by atoms with E-state index in [4.69, 9.17) is 14.7 Å². The summed E-state index contributed by atoms with van der Waals surface area (Å²) >= 11 is 0. The maximum Gasteiger partial charge on any atom is 0.254 e. The summed E-state index contributed by atoms with van der Waals surface area (Å²) in [4.78, 5) is 14.6. The zero-order chi connectivity index (χ0) is 21.1. The van der Waals surface area contributed by atoms with Crippen LogP contribution in [0.2, 0.25) is 0 Å². The Morgan fingerprint density at radius 3 is 2.60 bits per heavy atom. The highest BCUT2D eigenvalue weighted by Gasteiger charge is 2.29. The molecule has 0 saturated carbocycles. The molecule has 2 aromatic rings. The van der Waals surface area contributed by atoms with Crippen molar-refractivity contribution in [2.24, 2.45) is 0 Å². The number of nitriles is 1. The first-order valence-electron chi connectivity index (χ1n) is 9.62. The number of amides is 1. The number of benzene rings is 2. The number of carbonyl (C=O) groups excluding carboxylic acids is 1. The van der Waals surface area contributed by atoms with Gasteiger partial charge < -0.3 is 14.4 Å². The van der Waals surface area contributed by atoms with Crippen molar-refractivity contribution < 1.29 is 22.7 Å². The molecule has 1 saturated heterocycles. The maximum atomic E-state index is 13.2. The molecule has 2 aliphatic heterocycles. The molecule has 2 heterocycles. The predicted octanol–water partition coefficient (Wildman–Crippen LogP) is 1.61. The fourth-order valence-electron chi connectivity index (χ4n) is 3.53. The Kier molecular flexibility index (Phi) is 5.72. The average Bonchev–Trinajstić information content (AvgIpc) is 3.01. The van der Waals surface area contributed by atoms with E-state index < -0.39 is 10.0 Å². The molecule has 2 aromatic carbocycles. The van der Waals surface area contributed by atoms with Crippen LogP contribution in [0.1, 0.15) is 21.5 Å². The largest absolute Gasteiger partial charge is 0.492 e. The number of sulfonamides is 1. The van der Waals surface area contributed by atoms with Crippen LogP contribution in [0.4, 0.5) is 0 Å². The van der Waals surface area contributed by atoms with Gasteiger partial charge in [0.1, 0.15) is 12.4 Å². The first-order chi connectivity index (χ1) is 14.5. The molecule has 4 rings (SSSR count). The Hall–Kier alpha value is -2.93. The fourth-order valence-corrected chi connectivity index (χ4v) is 4.98. The van der Waals surface area contributed by atoms with Gasteiger partial charge in [0, 0.05) is 37.3 Å². The van der Waals surface area contributed by atoms with Gasteiger partial charge in [-0.1, -0.05) is 6.07 Å². The molecule has 0 atom stereocenters. The van der Waals surface area contributed by atoms with E-state index in [2.05, 4.69) is 0 Å². The lowest BCUT2D eigenvalue weighted by Gasteiger charge is -2.27. The van der Waals surface area contributed by atoms with Crippen molar-refractivity contribution in [3.05, 3.63) is 59.2 Å². The molecule has 0 aliphatic carbocycles. The topological polar surface area (TPSA) is 99.9 Å². The van der Waals surface area contributed by atoms with E-state index in [0.29, 0.717) is 43.2 Å². The fraction of sp³-hybridized carbons (Fsp3) is 0.333. The standard InChI is InChI=1S/C21H21N3O5S/c22-14-16-2-1-3-19(12-16)30(26,27)24-8-11-29-20-5-4-17(13-18(20)15-24)21(25)23-6-9-28-10-7-23/h1-5,12-13H,6-11,15H2. The third-order valence-electron chi connectivity index (χ3n) is 5.15. The van der Waals surface area contributed by atoms with Crippen molar-refractivity contribution in [3.63, 3.8) is 0 Å². The van der Waals surface area contributed by atoms with Crippen LogP contribution in [0.3, 0.4) is 0 Å². The highest BCUT2D eigenvalue weighted by Crippen LogP contribution is 2.28. The second-order valence-corrected chi connectivity index (χ2v) is 8.99.